The molecule has 0 saturated carbocycles. The van der Waals surface area contributed by atoms with Crippen molar-refractivity contribution >= 4 is 44.7 Å². The zero-order valence-electron chi connectivity index (χ0n) is 11.3. The molecule has 2 heterocycles. The number of nitro groups is 1. The van der Waals surface area contributed by atoms with Crippen LogP contribution in [0.2, 0.25) is 0 Å². The molecule has 2 aromatic rings. The van der Waals surface area contributed by atoms with Crippen molar-refractivity contribution < 1.29 is 4.92 Å². The number of halogens is 1. The second-order valence-corrected chi connectivity index (χ2v) is 6.01. The Morgan fingerprint density at radius 3 is 2.90 bits per heavy atom. The van der Waals surface area contributed by atoms with Crippen LogP contribution in [-0.2, 0) is 6.54 Å². The Morgan fingerprint density at radius 1 is 1.48 bits per heavy atom. The number of thiophene rings is 1. The SMILES string of the molecule is CCCNc1ncc([N+](=O)[O-])c(NCc2sccc2Br)n1. The summed E-state index contributed by atoms with van der Waals surface area (Å²) in [6.45, 7) is 3.20. The van der Waals surface area contributed by atoms with E-state index < -0.39 is 4.92 Å². The molecule has 0 saturated heterocycles. The summed E-state index contributed by atoms with van der Waals surface area (Å²) in [4.78, 5) is 19.7. The monoisotopic (exact) mass is 371 g/mol. The lowest BCUT2D eigenvalue weighted by molar-refractivity contribution is -0.384. The molecule has 0 atom stereocenters. The van der Waals surface area contributed by atoms with E-state index in [1.165, 1.54) is 6.20 Å². The fourth-order valence-electron chi connectivity index (χ4n) is 1.58. The highest BCUT2D eigenvalue weighted by atomic mass is 79.9. The Bertz CT molecular complexity index is 634. The Kier molecular flexibility index (Phi) is 5.45. The van der Waals surface area contributed by atoms with E-state index in [0.717, 1.165) is 15.8 Å². The van der Waals surface area contributed by atoms with Gasteiger partial charge in [0, 0.05) is 15.9 Å². The molecule has 0 aliphatic rings. The predicted octanol–water partition coefficient (Wildman–Crippen LogP) is 3.64. The maximum atomic E-state index is 11.0. The summed E-state index contributed by atoms with van der Waals surface area (Å²) in [5, 5.41) is 19.0. The number of anilines is 2. The number of hydrogen-bond acceptors (Lipinski definition) is 7. The summed E-state index contributed by atoms with van der Waals surface area (Å²) in [7, 11) is 0. The highest BCUT2D eigenvalue weighted by molar-refractivity contribution is 9.10. The average molecular weight is 372 g/mol. The molecule has 0 amide bonds. The predicted molar refractivity (Wildman–Crippen MR) is 86.8 cm³/mol. The topological polar surface area (TPSA) is 93.0 Å². The van der Waals surface area contributed by atoms with Crippen LogP contribution in [0.25, 0.3) is 0 Å². The molecular weight excluding hydrogens is 358 g/mol. The van der Waals surface area contributed by atoms with Crippen molar-refractivity contribution in [3.05, 3.63) is 37.1 Å². The first-order valence-electron chi connectivity index (χ1n) is 6.33. The van der Waals surface area contributed by atoms with E-state index in [2.05, 4.69) is 36.5 Å². The second kappa shape index (κ2) is 7.32. The van der Waals surface area contributed by atoms with Crippen molar-refractivity contribution in [2.45, 2.75) is 19.9 Å². The van der Waals surface area contributed by atoms with Crippen LogP contribution in [0.15, 0.2) is 22.1 Å². The summed E-state index contributed by atoms with van der Waals surface area (Å²) in [6.07, 6.45) is 2.14. The van der Waals surface area contributed by atoms with Crippen LogP contribution >= 0.6 is 27.3 Å². The summed E-state index contributed by atoms with van der Waals surface area (Å²) >= 11 is 4.99. The maximum Gasteiger partial charge on any atom is 0.329 e. The van der Waals surface area contributed by atoms with Crippen LogP contribution in [0, 0.1) is 10.1 Å². The fraction of sp³-hybridized carbons (Fsp3) is 0.333. The molecule has 2 N–H and O–H groups in total. The van der Waals surface area contributed by atoms with Crippen molar-refractivity contribution in [1.29, 1.82) is 0 Å². The van der Waals surface area contributed by atoms with Gasteiger partial charge in [-0.15, -0.1) is 11.3 Å². The molecule has 0 aromatic carbocycles. The molecule has 7 nitrogen and oxygen atoms in total. The second-order valence-electron chi connectivity index (χ2n) is 4.16. The highest BCUT2D eigenvalue weighted by Crippen LogP contribution is 2.26. The van der Waals surface area contributed by atoms with E-state index in [0.29, 0.717) is 19.0 Å². The number of nitrogens with zero attached hydrogens (tertiary/aromatic N) is 3. The lowest BCUT2D eigenvalue weighted by atomic mass is 10.4. The maximum absolute atomic E-state index is 11.0. The van der Waals surface area contributed by atoms with E-state index >= 15 is 0 Å². The van der Waals surface area contributed by atoms with Gasteiger partial charge in [-0.1, -0.05) is 6.92 Å². The van der Waals surface area contributed by atoms with E-state index in [1.54, 1.807) is 11.3 Å². The van der Waals surface area contributed by atoms with Gasteiger partial charge in [0.2, 0.25) is 11.8 Å². The van der Waals surface area contributed by atoms with Crippen LogP contribution < -0.4 is 10.6 Å². The third-order valence-corrected chi connectivity index (χ3v) is 4.53. The van der Waals surface area contributed by atoms with E-state index in [9.17, 15) is 10.1 Å². The van der Waals surface area contributed by atoms with Gasteiger partial charge in [0.25, 0.3) is 0 Å². The molecular formula is C12H14BrN5O2S. The van der Waals surface area contributed by atoms with Gasteiger partial charge in [-0.2, -0.15) is 4.98 Å². The van der Waals surface area contributed by atoms with Crippen LogP contribution in [0.5, 0.6) is 0 Å². The van der Waals surface area contributed by atoms with E-state index in [4.69, 9.17) is 0 Å². The quantitative estimate of drug-likeness (QED) is 0.569. The standard InChI is InChI=1S/C12H14BrN5O2S/c1-2-4-14-12-16-6-9(18(19)20)11(17-12)15-7-10-8(13)3-5-21-10/h3,5-6H,2,4,7H2,1H3,(H2,14,15,16,17). The van der Waals surface area contributed by atoms with Crippen LogP contribution in [0.1, 0.15) is 18.2 Å². The molecule has 2 rings (SSSR count). The van der Waals surface area contributed by atoms with Crippen molar-refractivity contribution in [1.82, 2.24) is 9.97 Å². The normalized spacial score (nSPS) is 10.4. The molecule has 0 unspecified atom stereocenters. The summed E-state index contributed by atoms with van der Waals surface area (Å²) in [5.74, 6) is 0.601. The molecule has 0 spiro atoms. The summed E-state index contributed by atoms with van der Waals surface area (Å²) in [6, 6.07) is 1.93. The number of hydrogen-bond donors (Lipinski definition) is 2. The minimum absolute atomic E-state index is 0.135. The van der Waals surface area contributed by atoms with Crippen LogP contribution in [0.3, 0.4) is 0 Å². The van der Waals surface area contributed by atoms with E-state index in [-0.39, 0.29) is 11.5 Å². The van der Waals surface area contributed by atoms with Gasteiger partial charge in [-0.05, 0) is 33.8 Å². The minimum Gasteiger partial charge on any atom is -0.359 e. The minimum atomic E-state index is -0.491. The molecule has 21 heavy (non-hydrogen) atoms. The van der Waals surface area contributed by atoms with Gasteiger partial charge < -0.3 is 10.6 Å². The molecule has 0 bridgehead atoms. The third kappa shape index (κ3) is 4.11. The number of rotatable bonds is 7. The first-order chi connectivity index (χ1) is 10.1. The number of aromatic nitrogens is 2. The zero-order chi connectivity index (χ0) is 15.2. The van der Waals surface area contributed by atoms with Crippen molar-refractivity contribution in [2.24, 2.45) is 0 Å². The highest BCUT2D eigenvalue weighted by Gasteiger charge is 2.17. The fourth-order valence-corrected chi connectivity index (χ4v) is 3.01. The summed E-state index contributed by atoms with van der Waals surface area (Å²) in [5.41, 5.74) is -0.135. The smallest absolute Gasteiger partial charge is 0.329 e. The molecule has 0 aliphatic carbocycles. The molecule has 0 fully saturated rings. The van der Waals surface area contributed by atoms with Gasteiger partial charge in [-0.3, -0.25) is 10.1 Å². The third-order valence-electron chi connectivity index (χ3n) is 2.61. The number of nitrogens with one attached hydrogen (secondary N) is 2. The van der Waals surface area contributed by atoms with Gasteiger partial charge in [0.1, 0.15) is 6.20 Å². The zero-order valence-corrected chi connectivity index (χ0v) is 13.7. The van der Waals surface area contributed by atoms with Crippen molar-refractivity contribution in [2.75, 3.05) is 17.2 Å². The van der Waals surface area contributed by atoms with Gasteiger partial charge in [-0.25, -0.2) is 4.98 Å². The van der Waals surface area contributed by atoms with Gasteiger partial charge in [0.15, 0.2) is 0 Å². The Morgan fingerprint density at radius 2 is 2.29 bits per heavy atom. The Balaban J connectivity index is 2.17. The molecule has 0 radical (unpaired) electrons. The summed E-state index contributed by atoms with van der Waals surface area (Å²) < 4.78 is 0.973. The van der Waals surface area contributed by atoms with Gasteiger partial charge >= 0.3 is 5.69 Å². The Labute approximate surface area is 134 Å². The molecule has 9 heteroatoms. The van der Waals surface area contributed by atoms with Crippen molar-refractivity contribution in [3.63, 3.8) is 0 Å². The van der Waals surface area contributed by atoms with Crippen molar-refractivity contribution in [3.8, 4) is 0 Å². The largest absolute Gasteiger partial charge is 0.359 e. The van der Waals surface area contributed by atoms with Crippen LogP contribution in [0.4, 0.5) is 17.5 Å². The average Bonchev–Trinajstić information content (AvgIpc) is 2.88. The first kappa shape index (κ1) is 15.6. The molecule has 0 aliphatic heterocycles. The lowest BCUT2D eigenvalue weighted by Crippen LogP contribution is -2.09. The van der Waals surface area contributed by atoms with E-state index in [1.807, 2.05) is 18.4 Å². The van der Waals surface area contributed by atoms with Crippen LogP contribution in [-0.4, -0.2) is 21.4 Å². The lowest BCUT2D eigenvalue weighted by Gasteiger charge is -2.08. The molecule has 112 valence electrons. The molecule has 2 aromatic heterocycles. The first-order valence-corrected chi connectivity index (χ1v) is 8.00. The van der Waals surface area contributed by atoms with Gasteiger partial charge in [0.05, 0.1) is 11.5 Å². The Hall–Kier alpha value is -1.74.